The summed E-state index contributed by atoms with van der Waals surface area (Å²) >= 11 is 0. The monoisotopic (exact) mass is 512 g/mol. The second-order valence-corrected chi connectivity index (χ2v) is 8.49. The van der Waals surface area contributed by atoms with Crippen molar-refractivity contribution in [2.75, 3.05) is 39.3 Å². The zero-order valence-corrected chi connectivity index (χ0v) is 20.1. The number of rotatable bonds is 5. The van der Waals surface area contributed by atoms with Crippen LogP contribution in [0.3, 0.4) is 0 Å². The van der Waals surface area contributed by atoms with Gasteiger partial charge in [0.15, 0.2) is 5.96 Å². The molecule has 5 nitrogen and oxygen atoms in total. The van der Waals surface area contributed by atoms with Gasteiger partial charge in [-0.25, -0.2) is 0 Å². The molecule has 162 valence electrons. The lowest BCUT2D eigenvalue weighted by Crippen LogP contribution is -2.56. The Balaban J connectivity index is 0.00000240. The molecule has 0 amide bonds. The molecule has 3 aliphatic heterocycles. The normalized spacial score (nSPS) is 28.0. The van der Waals surface area contributed by atoms with E-state index in [1.54, 1.807) is 0 Å². The Kier molecular flexibility index (Phi) is 9.06. The predicted octanol–water partition coefficient (Wildman–Crippen LogP) is 3.74. The van der Waals surface area contributed by atoms with Crippen LogP contribution in [0.5, 0.6) is 0 Å². The van der Waals surface area contributed by atoms with Crippen LogP contribution in [-0.2, 0) is 11.3 Å². The molecule has 3 atom stereocenters. The lowest BCUT2D eigenvalue weighted by atomic mass is 9.83. The molecule has 3 unspecified atom stereocenters. The number of ether oxygens (including phenoxy) is 1. The Bertz CT molecular complexity index is 635. The zero-order valence-electron chi connectivity index (χ0n) is 17.8. The van der Waals surface area contributed by atoms with E-state index in [0.717, 1.165) is 57.6 Å². The summed E-state index contributed by atoms with van der Waals surface area (Å²) in [5.74, 6) is 1.84. The molecular formula is C23H37IN4O. The van der Waals surface area contributed by atoms with Gasteiger partial charge in [-0.2, -0.15) is 0 Å². The van der Waals surface area contributed by atoms with E-state index in [0.29, 0.717) is 12.1 Å². The first-order valence-corrected chi connectivity index (χ1v) is 11.3. The third-order valence-corrected chi connectivity index (χ3v) is 6.51. The number of hydrogen-bond donors (Lipinski definition) is 1. The molecule has 1 N–H and O–H groups in total. The highest BCUT2D eigenvalue weighted by molar-refractivity contribution is 14.0. The zero-order chi connectivity index (χ0) is 19.2. The molecule has 0 saturated carbocycles. The Morgan fingerprint density at radius 1 is 1.14 bits per heavy atom. The first-order valence-electron chi connectivity index (χ1n) is 11.3. The van der Waals surface area contributed by atoms with Crippen LogP contribution in [0.4, 0.5) is 0 Å². The van der Waals surface area contributed by atoms with Gasteiger partial charge in [0.2, 0.25) is 0 Å². The SMILES string of the molecule is CCNC(=NCC1CCCO1)N1CCC2C(CCCN2Cc2ccccc2)C1.I. The van der Waals surface area contributed by atoms with Crippen LogP contribution in [0.15, 0.2) is 35.3 Å². The molecule has 0 bridgehead atoms. The Labute approximate surface area is 193 Å². The average molecular weight is 512 g/mol. The van der Waals surface area contributed by atoms with Crippen LogP contribution >= 0.6 is 24.0 Å². The fraction of sp³-hybridized carbons (Fsp3) is 0.696. The van der Waals surface area contributed by atoms with Gasteiger partial charge in [0.25, 0.3) is 0 Å². The minimum absolute atomic E-state index is 0. The molecule has 6 heteroatoms. The van der Waals surface area contributed by atoms with Crippen molar-refractivity contribution >= 4 is 29.9 Å². The third-order valence-electron chi connectivity index (χ3n) is 6.51. The molecule has 3 heterocycles. The van der Waals surface area contributed by atoms with Crippen molar-refractivity contribution in [3.05, 3.63) is 35.9 Å². The summed E-state index contributed by atoms with van der Waals surface area (Å²) < 4.78 is 5.77. The summed E-state index contributed by atoms with van der Waals surface area (Å²) in [6.45, 7) is 9.36. The van der Waals surface area contributed by atoms with Gasteiger partial charge in [-0.1, -0.05) is 30.3 Å². The highest BCUT2D eigenvalue weighted by Crippen LogP contribution is 2.31. The number of hydrogen-bond acceptors (Lipinski definition) is 3. The first-order chi connectivity index (χ1) is 13.8. The van der Waals surface area contributed by atoms with Gasteiger partial charge < -0.3 is 15.0 Å². The van der Waals surface area contributed by atoms with Crippen molar-refractivity contribution < 1.29 is 4.74 Å². The second-order valence-electron chi connectivity index (χ2n) is 8.49. The van der Waals surface area contributed by atoms with Crippen LogP contribution in [0.25, 0.3) is 0 Å². The van der Waals surface area contributed by atoms with E-state index in [4.69, 9.17) is 9.73 Å². The topological polar surface area (TPSA) is 40.1 Å². The van der Waals surface area contributed by atoms with Gasteiger partial charge in [0, 0.05) is 38.8 Å². The molecule has 4 rings (SSSR count). The average Bonchev–Trinajstić information content (AvgIpc) is 3.25. The van der Waals surface area contributed by atoms with E-state index in [1.807, 2.05) is 0 Å². The minimum atomic E-state index is 0. The highest BCUT2D eigenvalue weighted by atomic mass is 127. The van der Waals surface area contributed by atoms with Crippen LogP contribution in [0, 0.1) is 5.92 Å². The minimum Gasteiger partial charge on any atom is -0.376 e. The third kappa shape index (κ3) is 6.07. The summed E-state index contributed by atoms with van der Waals surface area (Å²) in [4.78, 5) is 10.2. The molecule has 3 saturated heterocycles. The maximum Gasteiger partial charge on any atom is 0.194 e. The standard InChI is InChI=1S/C23H36N4O.HI/c1-2-24-23(25-16-21-11-7-15-28-21)27-14-12-22-20(18-27)10-6-13-26(22)17-19-8-4-3-5-9-19;/h3-5,8-9,20-22H,2,6-7,10-18H2,1H3,(H,24,25);1H. The van der Waals surface area contributed by atoms with E-state index in [9.17, 15) is 0 Å². The summed E-state index contributed by atoms with van der Waals surface area (Å²) in [5, 5.41) is 3.53. The van der Waals surface area contributed by atoms with Crippen molar-refractivity contribution in [3.63, 3.8) is 0 Å². The molecule has 1 aromatic rings. The molecule has 29 heavy (non-hydrogen) atoms. The van der Waals surface area contributed by atoms with Crippen LogP contribution < -0.4 is 5.32 Å². The Morgan fingerprint density at radius 2 is 2.00 bits per heavy atom. The molecule has 3 aliphatic rings. The highest BCUT2D eigenvalue weighted by Gasteiger charge is 2.36. The fourth-order valence-corrected chi connectivity index (χ4v) is 5.12. The van der Waals surface area contributed by atoms with E-state index < -0.39 is 0 Å². The smallest absolute Gasteiger partial charge is 0.194 e. The number of piperidine rings is 2. The molecular weight excluding hydrogens is 475 g/mol. The summed E-state index contributed by atoms with van der Waals surface area (Å²) in [7, 11) is 0. The van der Waals surface area contributed by atoms with Gasteiger partial charge in [0.1, 0.15) is 0 Å². The summed E-state index contributed by atoms with van der Waals surface area (Å²) in [6, 6.07) is 11.7. The van der Waals surface area contributed by atoms with Crippen molar-refractivity contribution in [1.82, 2.24) is 15.1 Å². The maximum atomic E-state index is 5.77. The van der Waals surface area contributed by atoms with Crippen LogP contribution in [-0.4, -0.2) is 67.2 Å². The molecule has 3 fully saturated rings. The lowest BCUT2D eigenvalue weighted by molar-refractivity contribution is 0.0371. The van der Waals surface area contributed by atoms with Gasteiger partial charge in [0.05, 0.1) is 12.6 Å². The molecule has 0 aliphatic carbocycles. The van der Waals surface area contributed by atoms with Gasteiger partial charge in [-0.05, 0) is 57.1 Å². The second kappa shape index (κ2) is 11.5. The van der Waals surface area contributed by atoms with Gasteiger partial charge >= 0.3 is 0 Å². The number of nitrogens with one attached hydrogen (secondary N) is 1. The molecule has 0 aromatic heterocycles. The van der Waals surface area contributed by atoms with Crippen LogP contribution in [0.2, 0.25) is 0 Å². The predicted molar refractivity (Wildman–Crippen MR) is 130 cm³/mol. The largest absolute Gasteiger partial charge is 0.376 e. The Hall–Kier alpha value is -0.860. The van der Waals surface area contributed by atoms with E-state index in [2.05, 4.69) is 52.4 Å². The van der Waals surface area contributed by atoms with E-state index in [-0.39, 0.29) is 24.0 Å². The Morgan fingerprint density at radius 3 is 2.76 bits per heavy atom. The van der Waals surface area contributed by atoms with E-state index >= 15 is 0 Å². The summed E-state index contributed by atoms with van der Waals surface area (Å²) in [6.07, 6.45) is 6.55. The number of aliphatic imine (C=N–C) groups is 1. The maximum absolute atomic E-state index is 5.77. The van der Waals surface area contributed by atoms with Crippen molar-refractivity contribution in [3.8, 4) is 0 Å². The number of benzene rings is 1. The molecule has 0 radical (unpaired) electrons. The number of likely N-dealkylation sites (tertiary alicyclic amines) is 2. The van der Waals surface area contributed by atoms with Crippen molar-refractivity contribution in [2.24, 2.45) is 10.9 Å². The molecule has 1 aromatic carbocycles. The summed E-state index contributed by atoms with van der Waals surface area (Å²) in [5.41, 5.74) is 1.44. The molecule has 0 spiro atoms. The first kappa shape index (κ1) is 22.8. The fourth-order valence-electron chi connectivity index (χ4n) is 5.12. The van der Waals surface area contributed by atoms with E-state index in [1.165, 1.54) is 37.8 Å². The number of guanidine groups is 1. The van der Waals surface area contributed by atoms with Gasteiger partial charge in [-0.3, -0.25) is 9.89 Å². The number of fused-ring (bicyclic) bond motifs is 1. The van der Waals surface area contributed by atoms with Gasteiger partial charge in [-0.15, -0.1) is 24.0 Å². The number of halogens is 1. The van der Waals surface area contributed by atoms with Crippen LogP contribution in [0.1, 0.15) is 44.6 Å². The number of nitrogens with zero attached hydrogens (tertiary/aromatic N) is 3. The van der Waals surface area contributed by atoms with Crippen molar-refractivity contribution in [1.29, 1.82) is 0 Å². The van der Waals surface area contributed by atoms with Crippen molar-refractivity contribution in [2.45, 2.75) is 57.7 Å². The quantitative estimate of drug-likeness (QED) is 0.371. The lowest BCUT2D eigenvalue weighted by Gasteiger charge is -2.48.